The van der Waals surface area contributed by atoms with E-state index in [1.54, 1.807) is 12.1 Å². The minimum absolute atomic E-state index is 0. The predicted octanol–water partition coefficient (Wildman–Crippen LogP) is 5.63. The van der Waals surface area contributed by atoms with Gasteiger partial charge in [-0.3, -0.25) is 4.79 Å². The van der Waals surface area contributed by atoms with Crippen LogP contribution in [0.3, 0.4) is 0 Å². The average molecular weight is 484 g/mol. The molecule has 3 aromatic rings. The minimum atomic E-state index is -1.51. The van der Waals surface area contributed by atoms with Crippen molar-refractivity contribution in [2.24, 2.45) is 5.41 Å². The van der Waals surface area contributed by atoms with Crippen LogP contribution >= 0.6 is 12.4 Å². The predicted molar refractivity (Wildman–Crippen MR) is 134 cm³/mol. The zero-order chi connectivity index (χ0) is 23.3. The maximum Gasteiger partial charge on any atom is 0.311 e. The molecule has 3 aromatic carbocycles. The monoisotopic (exact) mass is 483 g/mol. The first-order valence-electron chi connectivity index (χ1n) is 11.4. The SMILES string of the molecule is Cl.O=C(O)C(Cc1ccccc1)(Cc1ccccc1)CN1CCC(F)(c2cccc(O)c2)CC1. The maximum atomic E-state index is 15.7. The summed E-state index contributed by atoms with van der Waals surface area (Å²) in [6.07, 6.45) is 1.34. The van der Waals surface area contributed by atoms with Crippen molar-refractivity contribution >= 4 is 18.4 Å². The van der Waals surface area contributed by atoms with Crippen LogP contribution in [0.5, 0.6) is 5.75 Å². The third-order valence-corrected chi connectivity index (χ3v) is 6.76. The molecule has 1 aliphatic rings. The number of carboxylic acid groups (broad SMARTS) is 1. The Hall–Kier alpha value is -2.89. The van der Waals surface area contributed by atoms with Gasteiger partial charge in [-0.1, -0.05) is 72.8 Å². The molecular formula is C28H31ClFNO3. The number of phenolic OH excluding ortho intramolecular Hbond substituents is 1. The summed E-state index contributed by atoms with van der Waals surface area (Å²) in [4.78, 5) is 14.8. The lowest BCUT2D eigenvalue weighted by Crippen LogP contribution is -2.50. The number of carbonyl (C=O) groups is 1. The first-order valence-corrected chi connectivity index (χ1v) is 11.4. The largest absolute Gasteiger partial charge is 0.508 e. The molecule has 1 heterocycles. The zero-order valence-electron chi connectivity index (χ0n) is 19.1. The van der Waals surface area contributed by atoms with Gasteiger partial charge in [0.1, 0.15) is 11.4 Å². The molecule has 0 saturated carbocycles. The molecule has 4 rings (SSSR count). The number of nitrogens with zero attached hydrogens (tertiary/aromatic N) is 1. The number of rotatable bonds is 8. The van der Waals surface area contributed by atoms with Crippen molar-refractivity contribution in [3.8, 4) is 5.75 Å². The van der Waals surface area contributed by atoms with Crippen LogP contribution in [0.2, 0.25) is 0 Å². The fourth-order valence-corrected chi connectivity index (χ4v) is 4.93. The van der Waals surface area contributed by atoms with Crippen molar-refractivity contribution in [3.63, 3.8) is 0 Å². The van der Waals surface area contributed by atoms with E-state index in [0.29, 0.717) is 38.0 Å². The van der Waals surface area contributed by atoms with Gasteiger partial charge in [-0.2, -0.15) is 0 Å². The van der Waals surface area contributed by atoms with Crippen LogP contribution in [-0.4, -0.2) is 40.7 Å². The molecule has 0 spiro atoms. The van der Waals surface area contributed by atoms with Gasteiger partial charge in [0.15, 0.2) is 0 Å². The minimum Gasteiger partial charge on any atom is -0.508 e. The molecule has 0 amide bonds. The molecule has 34 heavy (non-hydrogen) atoms. The molecule has 0 atom stereocenters. The molecule has 6 heteroatoms. The van der Waals surface area contributed by atoms with Crippen molar-refractivity contribution in [3.05, 3.63) is 102 Å². The second-order valence-electron chi connectivity index (χ2n) is 9.20. The Labute approximate surface area is 206 Å². The number of aliphatic carboxylic acids is 1. The molecule has 1 fully saturated rings. The Morgan fingerprint density at radius 3 is 1.88 bits per heavy atom. The summed E-state index contributed by atoms with van der Waals surface area (Å²) in [5.74, 6) is -0.775. The standard InChI is InChI=1S/C28H30FNO3.ClH/c29-28(24-12-7-13-25(31)18-24)14-16-30(17-15-28)21-27(26(32)33,19-22-8-3-1-4-9-22)20-23-10-5-2-6-11-23;/h1-13,18,31H,14-17,19-21H2,(H,32,33);1H. The lowest BCUT2D eigenvalue weighted by atomic mass is 9.75. The molecule has 0 unspecified atom stereocenters. The summed E-state index contributed by atoms with van der Waals surface area (Å²) < 4.78 is 15.7. The molecule has 0 bridgehead atoms. The highest BCUT2D eigenvalue weighted by molar-refractivity contribution is 5.85. The summed E-state index contributed by atoms with van der Waals surface area (Å²) in [5, 5.41) is 20.2. The van der Waals surface area contributed by atoms with Gasteiger partial charge >= 0.3 is 5.97 Å². The number of piperidine rings is 1. The van der Waals surface area contributed by atoms with Crippen LogP contribution in [0.25, 0.3) is 0 Å². The summed E-state index contributed by atoms with van der Waals surface area (Å²) in [7, 11) is 0. The number of halogens is 2. The average Bonchev–Trinajstić information content (AvgIpc) is 2.82. The van der Waals surface area contributed by atoms with E-state index in [1.165, 1.54) is 12.1 Å². The molecule has 1 aliphatic heterocycles. The zero-order valence-corrected chi connectivity index (χ0v) is 19.9. The number of carboxylic acids is 1. The van der Waals surface area contributed by atoms with Crippen molar-refractivity contribution in [2.45, 2.75) is 31.4 Å². The van der Waals surface area contributed by atoms with E-state index in [2.05, 4.69) is 4.90 Å². The molecule has 2 N–H and O–H groups in total. The van der Waals surface area contributed by atoms with Crippen LogP contribution in [0, 0.1) is 5.41 Å². The van der Waals surface area contributed by atoms with Gasteiger partial charge in [-0.25, -0.2) is 4.39 Å². The van der Waals surface area contributed by atoms with Gasteiger partial charge in [0.25, 0.3) is 0 Å². The quantitative estimate of drug-likeness (QED) is 0.436. The molecule has 0 aliphatic carbocycles. The molecule has 4 nitrogen and oxygen atoms in total. The number of hydrogen-bond acceptors (Lipinski definition) is 3. The van der Waals surface area contributed by atoms with E-state index >= 15 is 4.39 Å². The van der Waals surface area contributed by atoms with E-state index < -0.39 is 17.1 Å². The highest BCUT2D eigenvalue weighted by Gasteiger charge is 2.43. The molecular weight excluding hydrogens is 453 g/mol. The molecule has 1 saturated heterocycles. The summed E-state index contributed by atoms with van der Waals surface area (Å²) in [6, 6.07) is 25.8. The third-order valence-electron chi connectivity index (χ3n) is 6.76. The van der Waals surface area contributed by atoms with Gasteiger partial charge in [0.2, 0.25) is 0 Å². The van der Waals surface area contributed by atoms with Crippen LogP contribution in [-0.2, 0) is 23.3 Å². The summed E-state index contributed by atoms with van der Waals surface area (Å²) >= 11 is 0. The Morgan fingerprint density at radius 2 is 1.41 bits per heavy atom. The second kappa shape index (κ2) is 11.0. The Morgan fingerprint density at radius 1 is 0.882 bits per heavy atom. The van der Waals surface area contributed by atoms with Gasteiger partial charge in [-0.15, -0.1) is 12.4 Å². The Kier molecular flexibility index (Phi) is 8.34. The second-order valence-corrected chi connectivity index (χ2v) is 9.20. The fraction of sp³-hybridized carbons (Fsp3) is 0.321. The highest BCUT2D eigenvalue weighted by atomic mass is 35.5. The smallest absolute Gasteiger partial charge is 0.311 e. The van der Waals surface area contributed by atoms with Gasteiger partial charge in [0.05, 0.1) is 5.41 Å². The number of hydrogen-bond donors (Lipinski definition) is 2. The third kappa shape index (κ3) is 5.96. The van der Waals surface area contributed by atoms with Gasteiger partial charge in [0, 0.05) is 19.6 Å². The van der Waals surface area contributed by atoms with Crippen molar-refractivity contribution < 1.29 is 19.4 Å². The van der Waals surface area contributed by atoms with Crippen molar-refractivity contribution in [2.75, 3.05) is 19.6 Å². The van der Waals surface area contributed by atoms with Gasteiger partial charge in [-0.05, 0) is 54.5 Å². The van der Waals surface area contributed by atoms with Crippen LogP contribution in [0.15, 0.2) is 84.9 Å². The lowest BCUT2D eigenvalue weighted by Gasteiger charge is -2.41. The highest BCUT2D eigenvalue weighted by Crippen LogP contribution is 2.39. The summed E-state index contributed by atoms with van der Waals surface area (Å²) in [6.45, 7) is 1.28. The number of aromatic hydroxyl groups is 1. The normalized spacial score (nSPS) is 15.9. The summed E-state index contributed by atoms with van der Waals surface area (Å²) in [5.41, 5.74) is -0.0931. The Balaban J connectivity index is 0.00000324. The van der Waals surface area contributed by atoms with Crippen LogP contribution in [0.4, 0.5) is 4.39 Å². The van der Waals surface area contributed by atoms with Crippen molar-refractivity contribution in [1.82, 2.24) is 4.90 Å². The molecule has 0 aromatic heterocycles. The van der Waals surface area contributed by atoms with E-state index in [4.69, 9.17) is 0 Å². The Bertz CT molecular complexity index is 1030. The topological polar surface area (TPSA) is 60.8 Å². The lowest BCUT2D eigenvalue weighted by molar-refractivity contribution is -0.150. The van der Waals surface area contributed by atoms with Crippen LogP contribution < -0.4 is 0 Å². The number of alkyl halides is 1. The first kappa shape index (κ1) is 25.7. The number of benzene rings is 3. The fourth-order valence-electron chi connectivity index (χ4n) is 4.93. The van der Waals surface area contributed by atoms with Crippen LogP contribution in [0.1, 0.15) is 29.5 Å². The first-order chi connectivity index (χ1) is 15.9. The molecule has 0 radical (unpaired) electrons. The van der Waals surface area contributed by atoms with E-state index in [0.717, 1.165) is 11.1 Å². The number of phenols is 1. The van der Waals surface area contributed by atoms with Crippen molar-refractivity contribution in [1.29, 1.82) is 0 Å². The van der Waals surface area contributed by atoms with E-state index in [1.807, 2.05) is 60.7 Å². The number of likely N-dealkylation sites (tertiary alicyclic amines) is 1. The van der Waals surface area contributed by atoms with E-state index in [-0.39, 0.29) is 31.0 Å². The molecule has 180 valence electrons. The van der Waals surface area contributed by atoms with Gasteiger partial charge < -0.3 is 15.1 Å². The van der Waals surface area contributed by atoms with E-state index in [9.17, 15) is 15.0 Å². The maximum absolute atomic E-state index is 15.7.